The van der Waals surface area contributed by atoms with Crippen LogP contribution in [0.2, 0.25) is 0 Å². The van der Waals surface area contributed by atoms with Gasteiger partial charge in [0.1, 0.15) is 0 Å². The van der Waals surface area contributed by atoms with Gasteiger partial charge in [-0.25, -0.2) is 0 Å². The maximum Gasteiger partial charge on any atom is 0.221 e. The van der Waals surface area contributed by atoms with Crippen molar-refractivity contribution < 1.29 is 9.90 Å². The van der Waals surface area contributed by atoms with E-state index in [9.17, 15) is 4.79 Å². The molecule has 17 heavy (non-hydrogen) atoms. The molecule has 0 saturated carbocycles. The van der Waals surface area contributed by atoms with Crippen LogP contribution in [0.1, 0.15) is 46.5 Å². The van der Waals surface area contributed by atoms with Gasteiger partial charge in [0.25, 0.3) is 0 Å². The first-order valence-electron chi connectivity index (χ1n) is 6.71. The van der Waals surface area contributed by atoms with E-state index in [2.05, 4.69) is 17.6 Å². The van der Waals surface area contributed by atoms with Crippen molar-refractivity contribution in [1.82, 2.24) is 10.6 Å². The van der Waals surface area contributed by atoms with Crippen molar-refractivity contribution in [3.8, 4) is 0 Å². The molecule has 0 fully saturated rings. The Kier molecular flexibility index (Phi) is 10.2. The zero-order valence-corrected chi connectivity index (χ0v) is 11.5. The van der Waals surface area contributed by atoms with Crippen LogP contribution in [0, 0.1) is 5.92 Å². The van der Waals surface area contributed by atoms with E-state index in [1.165, 1.54) is 0 Å². The standard InChI is InChI=1S/C13H28N2O2/c1-4-5-12(7-9-16)10-14-8-6-13(17)15-11(2)3/h11-12,14,16H,4-10H2,1-3H3,(H,15,17). The summed E-state index contributed by atoms with van der Waals surface area (Å²) in [6, 6.07) is 0.213. The molecule has 0 radical (unpaired) electrons. The third kappa shape index (κ3) is 10.3. The molecular weight excluding hydrogens is 216 g/mol. The van der Waals surface area contributed by atoms with Crippen LogP contribution in [0.25, 0.3) is 0 Å². The number of hydrogen-bond donors (Lipinski definition) is 3. The Morgan fingerprint density at radius 2 is 2.00 bits per heavy atom. The van der Waals surface area contributed by atoms with E-state index in [-0.39, 0.29) is 18.6 Å². The van der Waals surface area contributed by atoms with Gasteiger partial charge in [-0.2, -0.15) is 0 Å². The van der Waals surface area contributed by atoms with E-state index < -0.39 is 0 Å². The molecule has 0 rings (SSSR count). The summed E-state index contributed by atoms with van der Waals surface area (Å²) in [5, 5.41) is 15.1. The van der Waals surface area contributed by atoms with Gasteiger partial charge < -0.3 is 15.7 Å². The molecule has 1 amide bonds. The van der Waals surface area contributed by atoms with Gasteiger partial charge in [0.05, 0.1) is 0 Å². The first kappa shape index (κ1) is 16.4. The number of nitrogens with one attached hydrogen (secondary N) is 2. The first-order chi connectivity index (χ1) is 8.10. The minimum absolute atomic E-state index is 0.0988. The highest BCUT2D eigenvalue weighted by Gasteiger charge is 2.07. The van der Waals surface area contributed by atoms with Crippen molar-refractivity contribution in [1.29, 1.82) is 0 Å². The van der Waals surface area contributed by atoms with Crippen molar-refractivity contribution in [2.45, 2.75) is 52.5 Å². The van der Waals surface area contributed by atoms with E-state index in [1.807, 2.05) is 13.8 Å². The molecule has 0 spiro atoms. The molecule has 1 atom stereocenters. The molecule has 0 aliphatic carbocycles. The Balaban J connectivity index is 3.56. The SMILES string of the molecule is CCCC(CCO)CNCCC(=O)NC(C)C. The van der Waals surface area contributed by atoms with E-state index >= 15 is 0 Å². The van der Waals surface area contributed by atoms with Gasteiger partial charge in [0.15, 0.2) is 0 Å². The van der Waals surface area contributed by atoms with Crippen LogP contribution < -0.4 is 10.6 Å². The lowest BCUT2D eigenvalue weighted by Gasteiger charge is -2.15. The lowest BCUT2D eigenvalue weighted by molar-refractivity contribution is -0.121. The predicted molar refractivity (Wildman–Crippen MR) is 70.9 cm³/mol. The highest BCUT2D eigenvalue weighted by atomic mass is 16.3. The molecule has 1 unspecified atom stereocenters. The van der Waals surface area contributed by atoms with Gasteiger partial charge in [-0.1, -0.05) is 13.3 Å². The van der Waals surface area contributed by atoms with Crippen molar-refractivity contribution in [2.24, 2.45) is 5.92 Å². The normalized spacial score (nSPS) is 12.8. The number of aliphatic hydroxyl groups is 1. The average Bonchev–Trinajstić information content (AvgIpc) is 2.24. The fraction of sp³-hybridized carbons (Fsp3) is 0.923. The number of aliphatic hydroxyl groups excluding tert-OH is 1. The highest BCUT2D eigenvalue weighted by Crippen LogP contribution is 2.09. The number of carbonyl (C=O) groups is 1. The minimum atomic E-state index is 0.0988. The molecule has 4 heteroatoms. The fourth-order valence-corrected chi connectivity index (χ4v) is 1.84. The Hall–Kier alpha value is -0.610. The van der Waals surface area contributed by atoms with Crippen LogP contribution in [0.3, 0.4) is 0 Å². The molecule has 3 N–H and O–H groups in total. The second-order valence-electron chi connectivity index (χ2n) is 4.84. The Labute approximate surface area is 105 Å². The van der Waals surface area contributed by atoms with Gasteiger partial charge in [-0.05, 0) is 39.2 Å². The third-order valence-corrected chi connectivity index (χ3v) is 2.65. The van der Waals surface area contributed by atoms with Crippen molar-refractivity contribution in [3.05, 3.63) is 0 Å². The third-order valence-electron chi connectivity index (χ3n) is 2.65. The maximum atomic E-state index is 11.4. The number of rotatable bonds is 10. The second kappa shape index (κ2) is 10.5. The molecule has 0 heterocycles. The summed E-state index contributed by atoms with van der Waals surface area (Å²) >= 11 is 0. The Morgan fingerprint density at radius 3 is 2.53 bits per heavy atom. The number of hydrogen-bond acceptors (Lipinski definition) is 3. The smallest absolute Gasteiger partial charge is 0.221 e. The Bertz CT molecular complexity index is 190. The molecule has 0 bridgehead atoms. The van der Waals surface area contributed by atoms with Crippen LogP contribution in [-0.4, -0.2) is 36.8 Å². The van der Waals surface area contributed by atoms with E-state index in [0.717, 1.165) is 25.8 Å². The van der Waals surface area contributed by atoms with Gasteiger partial charge in [-0.3, -0.25) is 4.79 Å². The predicted octanol–water partition coefficient (Wildman–Crippen LogP) is 1.29. The summed E-state index contributed by atoms with van der Waals surface area (Å²) in [5.74, 6) is 0.625. The Morgan fingerprint density at radius 1 is 1.29 bits per heavy atom. The van der Waals surface area contributed by atoms with Gasteiger partial charge in [0.2, 0.25) is 5.91 Å². The minimum Gasteiger partial charge on any atom is -0.396 e. The quantitative estimate of drug-likeness (QED) is 0.507. The highest BCUT2D eigenvalue weighted by molar-refractivity contribution is 5.76. The zero-order valence-electron chi connectivity index (χ0n) is 11.5. The molecule has 0 aromatic heterocycles. The van der Waals surface area contributed by atoms with Crippen LogP contribution in [0.15, 0.2) is 0 Å². The lowest BCUT2D eigenvalue weighted by Crippen LogP contribution is -2.33. The van der Waals surface area contributed by atoms with E-state index in [0.29, 0.717) is 18.9 Å². The summed E-state index contributed by atoms with van der Waals surface area (Å²) in [7, 11) is 0. The topological polar surface area (TPSA) is 61.4 Å². The summed E-state index contributed by atoms with van der Waals surface area (Å²) in [6.45, 7) is 7.93. The zero-order chi connectivity index (χ0) is 13.1. The van der Waals surface area contributed by atoms with Gasteiger partial charge in [-0.15, -0.1) is 0 Å². The molecule has 4 nitrogen and oxygen atoms in total. The van der Waals surface area contributed by atoms with Crippen LogP contribution in [0.4, 0.5) is 0 Å². The van der Waals surface area contributed by atoms with Gasteiger partial charge in [0, 0.05) is 25.6 Å². The van der Waals surface area contributed by atoms with Gasteiger partial charge >= 0.3 is 0 Å². The van der Waals surface area contributed by atoms with Crippen LogP contribution >= 0.6 is 0 Å². The maximum absolute atomic E-state index is 11.4. The van der Waals surface area contributed by atoms with E-state index in [4.69, 9.17) is 5.11 Å². The van der Waals surface area contributed by atoms with Crippen LogP contribution in [-0.2, 0) is 4.79 Å². The molecule has 0 aromatic rings. The molecule has 102 valence electrons. The summed E-state index contributed by atoms with van der Waals surface area (Å²) < 4.78 is 0. The fourth-order valence-electron chi connectivity index (χ4n) is 1.84. The van der Waals surface area contributed by atoms with Crippen molar-refractivity contribution in [2.75, 3.05) is 19.7 Å². The first-order valence-corrected chi connectivity index (χ1v) is 6.71. The number of carbonyl (C=O) groups excluding carboxylic acids is 1. The van der Waals surface area contributed by atoms with Crippen LogP contribution in [0.5, 0.6) is 0 Å². The van der Waals surface area contributed by atoms with Crippen molar-refractivity contribution >= 4 is 5.91 Å². The summed E-state index contributed by atoms with van der Waals surface area (Å²) in [5.41, 5.74) is 0. The number of amides is 1. The molecule has 0 saturated heterocycles. The van der Waals surface area contributed by atoms with Crippen molar-refractivity contribution in [3.63, 3.8) is 0 Å². The molecule has 0 aliphatic heterocycles. The second-order valence-corrected chi connectivity index (χ2v) is 4.84. The summed E-state index contributed by atoms with van der Waals surface area (Å²) in [6.07, 6.45) is 3.64. The summed E-state index contributed by atoms with van der Waals surface area (Å²) in [4.78, 5) is 11.4. The largest absolute Gasteiger partial charge is 0.396 e. The lowest BCUT2D eigenvalue weighted by atomic mass is 10.0. The van der Waals surface area contributed by atoms with E-state index in [1.54, 1.807) is 0 Å². The molecule has 0 aliphatic rings. The average molecular weight is 244 g/mol. The molecular formula is C13H28N2O2. The monoisotopic (exact) mass is 244 g/mol. The molecule has 0 aromatic carbocycles.